The second kappa shape index (κ2) is 7.40. The molecule has 1 unspecified atom stereocenters. The number of carboxylic acid groups (broad SMARTS) is 1. The lowest BCUT2D eigenvalue weighted by atomic mass is 10.0. The Bertz CT molecular complexity index is 1140. The number of carbonyl (C=O) groups is 2. The van der Waals surface area contributed by atoms with Crippen LogP contribution in [-0.4, -0.2) is 26.8 Å². The maximum atomic E-state index is 13.4. The van der Waals surface area contributed by atoms with Crippen LogP contribution < -0.4 is 10.6 Å². The number of nitrogens with one attached hydrogen (secondary N) is 2. The molecule has 0 aliphatic carbocycles. The lowest BCUT2D eigenvalue weighted by molar-refractivity contribution is -0.132. The van der Waals surface area contributed by atoms with E-state index in [1.165, 1.54) is 35.2 Å². The van der Waals surface area contributed by atoms with E-state index in [4.69, 9.17) is 11.6 Å². The molecule has 0 spiro atoms. The van der Waals surface area contributed by atoms with E-state index in [0.29, 0.717) is 5.02 Å². The highest BCUT2D eigenvalue weighted by atomic mass is 35.5. The number of hydrogen-bond donors (Lipinski definition) is 3. The van der Waals surface area contributed by atoms with Crippen LogP contribution in [0.25, 0.3) is 0 Å². The summed E-state index contributed by atoms with van der Waals surface area (Å²) in [6, 6.07) is 11.8. The van der Waals surface area contributed by atoms with Crippen molar-refractivity contribution >= 4 is 35.0 Å². The second-order valence-corrected chi connectivity index (χ2v) is 6.76. The zero-order valence-electron chi connectivity index (χ0n) is 14.8. The molecule has 0 bridgehead atoms. The first-order chi connectivity index (χ1) is 13.9. The Morgan fingerprint density at radius 1 is 1.21 bits per heavy atom. The van der Waals surface area contributed by atoms with Gasteiger partial charge < -0.3 is 15.7 Å². The number of rotatable bonds is 4. The average molecular weight is 413 g/mol. The molecule has 1 aromatic heterocycles. The molecule has 3 aromatic rings. The number of carboxylic acids is 1. The maximum absolute atomic E-state index is 13.4. The van der Waals surface area contributed by atoms with Crippen molar-refractivity contribution in [2.75, 3.05) is 10.6 Å². The molecular weight excluding hydrogens is 399 g/mol. The van der Waals surface area contributed by atoms with Crippen molar-refractivity contribution in [1.29, 1.82) is 0 Å². The molecule has 0 fully saturated rings. The zero-order valence-corrected chi connectivity index (χ0v) is 15.5. The van der Waals surface area contributed by atoms with Crippen molar-refractivity contribution < 1.29 is 19.1 Å². The van der Waals surface area contributed by atoms with Crippen LogP contribution in [0.3, 0.4) is 0 Å². The molecule has 2 heterocycles. The summed E-state index contributed by atoms with van der Waals surface area (Å²) in [5.41, 5.74) is 1.06. The summed E-state index contributed by atoms with van der Waals surface area (Å²) in [7, 11) is 0. The highest BCUT2D eigenvalue weighted by Crippen LogP contribution is 2.33. The Balaban J connectivity index is 1.72. The summed E-state index contributed by atoms with van der Waals surface area (Å²) >= 11 is 5.94. The fourth-order valence-corrected chi connectivity index (χ4v) is 3.17. The molecule has 2 aromatic carbocycles. The molecule has 29 heavy (non-hydrogen) atoms. The standard InChI is InChI=1S/C20H14ClFN4O3/c21-12-6-4-11(5-7-12)17-9-16(20(28)29)25-18-15(10-23-26(17)18)19(27)24-14-3-1-2-13(22)8-14/h1-10,17,25H,(H,24,27)(H,28,29). The van der Waals surface area contributed by atoms with Gasteiger partial charge in [-0.15, -0.1) is 0 Å². The van der Waals surface area contributed by atoms with Gasteiger partial charge in [-0.3, -0.25) is 4.79 Å². The molecule has 0 radical (unpaired) electrons. The Morgan fingerprint density at radius 3 is 2.66 bits per heavy atom. The van der Waals surface area contributed by atoms with Gasteiger partial charge in [-0.05, 0) is 42.0 Å². The van der Waals surface area contributed by atoms with Crippen LogP contribution in [0.2, 0.25) is 5.02 Å². The third-order valence-corrected chi connectivity index (χ3v) is 4.66. The molecule has 3 N–H and O–H groups in total. The topological polar surface area (TPSA) is 96.2 Å². The summed E-state index contributed by atoms with van der Waals surface area (Å²) in [5.74, 6) is -1.99. The number of fused-ring (bicyclic) bond motifs is 1. The van der Waals surface area contributed by atoms with Crippen molar-refractivity contribution in [3.8, 4) is 0 Å². The minimum absolute atomic E-state index is 0.0854. The van der Waals surface area contributed by atoms with E-state index in [1.54, 1.807) is 30.3 Å². The van der Waals surface area contributed by atoms with E-state index in [1.807, 2.05) is 0 Å². The molecule has 7 nitrogen and oxygen atoms in total. The number of halogens is 2. The Morgan fingerprint density at radius 2 is 1.97 bits per heavy atom. The van der Waals surface area contributed by atoms with Gasteiger partial charge in [0.25, 0.3) is 5.91 Å². The first-order valence-electron chi connectivity index (χ1n) is 8.54. The molecule has 0 saturated carbocycles. The Labute approximate surface area is 169 Å². The number of carbonyl (C=O) groups excluding carboxylic acids is 1. The van der Waals surface area contributed by atoms with Gasteiger partial charge in [0.2, 0.25) is 0 Å². The van der Waals surface area contributed by atoms with Gasteiger partial charge in [-0.2, -0.15) is 5.10 Å². The number of aromatic nitrogens is 2. The van der Waals surface area contributed by atoms with Gasteiger partial charge in [-0.1, -0.05) is 29.8 Å². The number of aliphatic carboxylic acids is 1. The number of allylic oxidation sites excluding steroid dienone is 1. The SMILES string of the molecule is O=C(O)C1=CC(c2ccc(Cl)cc2)n2ncc(C(=O)Nc3cccc(F)c3)c2N1. The van der Waals surface area contributed by atoms with E-state index >= 15 is 0 Å². The van der Waals surface area contributed by atoms with Gasteiger partial charge in [0, 0.05) is 10.7 Å². The van der Waals surface area contributed by atoms with E-state index in [9.17, 15) is 19.1 Å². The fourth-order valence-electron chi connectivity index (χ4n) is 3.05. The lowest BCUT2D eigenvalue weighted by Gasteiger charge is -2.24. The van der Waals surface area contributed by atoms with Gasteiger partial charge in [0.05, 0.1) is 12.2 Å². The molecule has 4 rings (SSSR count). The van der Waals surface area contributed by atoms with Gasteiger partial charge in [0.1, 0.15) is 22.9 Å². The normalized spacial score (nSPS) is 15.1. The molecule has 1 atom stereocenters. The number of nitrogens with zero attached hydrogens (tertiary/aromatic N) is 2. The summed E-state index contributed by atoms with van der Waals surface area (Å²) < 4.78 is 14.9. The van der Waals surface area contributed by atoms with E-state index in [2.05, 4.69) is 15.7 Å². The largest absolute Gasteiger partial charge is 0.477 e. The van der Waals surface area contributed by atoms with Crippen molar-refractivity contribution in [2.24, 2.45) is 0 Å². The van der Waals surface area contributed by atoms with Crippen LogP contribution in [0, 0.1) is 5.82 Å². The monoisotopic (exact) mass is 412 g/mol. The molecule has 1 aliphatic rings. The molecule has 146 valence electrons. The number of anilines is 2. The Hall–Kier alpha value is -3.65. The summed E-state index contributed by atoms with van der Waals surface area (Å²) in [6.45, 7) is 0. The quantitative estimate of drug-likeness (QED) is 0.603. The molecule has 0 saturated heterocycles. The highest BCUT2D eigenvalue weighted by Gasteiger charge is 2.29. The Kier molecular flexibility index (Phi) is 4.77. The number of amides is 1. The smallest absolute Gasteiger partial charge is 0.352 e. The third-order valence-electron chi connectivity index (χ3n) is 4.41. The maximum Gasteiger partial charge on any atom is 0.352 e. The zero-order chi connectivity index (χ0) is 20.5. The molecule has 1 aliphatic heterocycles. The minimum atomic E-state index is -1.17. The molecule has 9 heteroatoms. The van der Waals surface area contributed by atoms with Crippen LogP contribution in [0.4, 0.5) is 15.9 Å². The molecular formula is C20H14ClFN4O3. The van der Waals surface area contributed by atoms with Gasteiger partial charge in [-0.25, -0.2) is 13.9 Å². The number of benzene rings is 2. The van der Waals surface area contributed by atoms with Gasteiger partial charge in [0.15, 0.2) is 0 Å². The minimum Gasteiger partial charge on any atom is -0.477 e. The first kappa shape index (κ1) is 18.7. The van der Waals surface area contributed by atoms with Crippen LogP contribution in [0.5, 0.6) is 0 Å². The highest BCUT2D eigenvalue weighted by molar-refractivity contribution is 6.30. The van der Waals surface area contributed by atoms with Crippen LogP contribution in [0.15, 0.2) is 66.5 Å². The van der Waals surface area contributed by atoms with E-state index < -0.39 is 23.7 Å². The first-order valence-corrected chi connectivity index (χ1v) is 8.92. The lowest BCUT2D eigenvalue weighted by Crippen LogP contribution is -2.25. The van der Waals surface area contributed by atoms with Crippen LogP contribution in [-0.2, 0) is 4.79 Å². The summed E-state index contributed by atoms with van der Waals surface area (Å²) in [4.78, 5) is 24.3. The summed E-state index contributed by atoms with van der Waals surface area (Å²) in [6.07, 6.45) is 2.83. The van der Waals surface area contributed by atoms with Crippen LogP contribution in [0.1, 0.15) is 22.0 Å². The second-order valence-electron chi connectivity index (χ2n) is 6.32. The third kappa shape index (κ3) is 3.70. The summed E-state index contributed by atoms with van der Waals surface area (Å²) in [5, 5.41) is 19.6. The predicted octanol–water partition coefficient (Wildman–Crippen LogP) is 3.91. The van der Waals surface area contributed by atoms with E-state index in [-0.39, 0.29) is 22.8 Å². The van der Waals surface area contributed by atoms with Crippen LogP contribution >= 0.6 is 11.6 Å². The van der Waals surface area contributed by atoms with Crippen molar-refractivity contribution in [3.63, 3.8) is 0 Å². The predicted molar refractivity (Wildman–Crippen MR) is 106 cm³/mol. The van der Waals surface area contributed by atoms with Gasteiger partial charge >= 0.3 is 5.97 Å². The number of hydrogen-bond acceptors (Lipinski definition) is 4. The van der Waals surface area contributed by atoms with Crippen molar-refractivity contribution in [3.05, 3.63) is 88.5 Å². The fraction of sp³-hybridized carbons (Fsp3) is 0.0500. The average Bonchev–Trinajstić information content (AvgIpc) is 3.12. The van der Waals surface area contributed by atoms with Crippen molar-refractivity contribution in [1.82, 2.24) is 9.78 Å². The van der Waals surface area contributed by atoms with E-state index in [0.717, 1.165) is 5.56 Å². The van der Waals surface area contributed by atoms with Crippen molar-refractivity contribution in [2.45, 2.75) is 6.04 Å². The molecule has 1 amide bonds.